The van der Waals surface area contributed by atoms with E-state index in [-0.39, 0.29) is 11.9 Å². The summed E-state index contributed by atoms with van der Waals surface area (Å²) in [6.07, 6.45) is -0.502. The number of aliphatic hydroxyl groups excluding tert-OH is 1. The van der Waals surface area contributed by atoms with E-state index in [0.717, 1.165) is 5.56 Å². The second-order valence-electron chi connectivity index (χ2n) is 4.33. The molecule has 0 aliphatic carbocycles. The molecule has 0 spiro atoms. The average molecular weight is 251 g/mol. The molecule has 18 heavy (non-hydrogen) atoms. The molecule has 1 aromatic rings. The van der Waals surface area contributed by atoms with Crippen LogP contribution in [-0.4, -0.2) is 43.3 Å². The van der Waals surface area contributed by atoms with E-state index in [1.165, 1.54) is 0 Å². The van der Waals surface area contributed by atoms with Crippen molar-refractivity contribution < 1.29 is 19.4 Å². The Morgan fingerprint density at radius 2 is 1.94 bits per heavy atom. The Balaban J connectivity index is 2.32. The molecular weight excluding hydrogens is 234 g/mol. The third kappa shape index (κ3) is 2.01. The van der Waals surface area contributed by atoms with Crippen molar-refractivity contribution >= 4 is 5.91 Å². The molecule has 2 atom stereocenters. The summed E-state index contributed by atoms with van der Waals surface area (Å²) in [5.74, 6) is 1.03. The number of ether oxygens (including phenoxy) is 2. The highest BCUT2D eigenvalue weighted by molar-refractivity contribution is 5.83. The van der Waals surface area contributed by atoms with E-state index in [2.05, 4.69) is 0 Å². The lowest BCUT2D eigenvalue weighted by Crippen LogP contribution is -2.26. The highest BCUT2D eigenvalue weighted by Gasteiger charge is 2.36. The first-order chi connectivity index (χ1) is 8.58. The summed E-state index contributed by atoms with van der Waals surface area (Å²) < 4.78 is 10.4. The zero-order valence-corrected chi connectivity index (χ0v) is 10.7. The summed E-state index contributed by atoms with van der Waals surface area (Å²) in [4.78, 5) is 13.1. The second-order valence-corrected chi connectivity index (χ2v) is 4.33. The molecule has 5 heteroatoms. The minimum atomic E-state index is -0.909. The lowest BCUT2D eigenvalue weighted by molar-refractivity contribution is -0.134. The van der Waals surface area contributed by atoms with Gasteiger partial charge in [0.2, 0.25) is 0 Å². The molecule has 1 aliphatic heterocycles. The SMILES string of the molecule is COc1ccc([C@@H]2C[C@@H](O)C(=O)N2C)cc1OC. The summed E-state index contributed by atoms with van der Waals surface area (Å²) in [5.41, 5.74) is 0.931. The van der Waals surface area contributed by atoms with Crippen LogP contribution in [0.4, 0.5) is 0 Å². The van der Waals surface area contributed by atoms with Crippen LogP contribution < -0.4 is 9.47 Å². The number of carbonyl (C=O) groups is 1. The molecule has 1 aliphatic rings. The molecule has 5 nitrogen and oxygen atoms in total. The van der Waals surface area contributed by atoms with Crippen LogP contribution in [-0.2, 0) is 4.79 Å². The van der Waals surface area contributed by atoms with Gasteiger partial charge in [0.15, 0.2) is 11.5 Å². The van der Waals surface area contributed by atoms with Crippen LogP contribution in [0.25, 0.3) is 0 Å². The number of rotatable bonds is 3. The molecule has 1 aromatic carbocycles. The summed E-state index contributed by atoms with van der Waals surface area (Å²) in [7, 11) is 4.84. The van der Waals surface area contributed by atoms with E-state index >= 15 is 0 Å². The van der Waals surface area contributed by atoms with Gasteiger partial charge in [0.1, 0.15) is 6.10 Å². The van der Waals surface area contributed by atoms with Gasteiger partial charge in [-0.2, -0.15) is 0 Å². The zero-order valence-electron chi connectivity index (χ0n) is 10.7. The van der Waals surface area contributed by atoms with Gasteiger partial charge in [0, 0.05) is 13.5 Å². The van der Waals surface area contributed by atoms with Crippen LogP contribution in [0.5, 0.6) is 11.5 Å². The molecule has 0 unspecified atom stereocenters. The van der Waals surface area contributed by atoms with Crippen molar-refractivity contribution in [2.24, 2.45) is 0 Å². The maximum absolute atomic E-state index is 11.6. The number of hydrogen-bond acceptors (Lipinski definition) is 4. The van der Waals surface area contributed by atoms with Crippen molar-refractivity contribution in [3.8, 4) is 11.5 Å². The molecule has 1 fully saturated rings. The van der Waals surface area contributed by atoms with Gasteiger partial charge in [0.25, 0.3) is 5.91 Å². The molecule has 1 N–H and O–H groups in total. The number of benzene rings is 1. The number of likely N-dealkylation sites (N-methyl/N-ethyl adjacent to an activating group) is 1. The summed E-state index contributed by atoms with van der Waals surface area (Å²) in [5, 5.41) is 9.58. The standard InChI is InChI=1S/C13H17NO4/c1-14-9(7-10(15)13(14)16)8-4-5-11(17-2)12(6-8)18-3/h4-6,9-10,15H,7H2,1-3H3/t9-,10+/m0/s1. The number of nitrogens with zero attached hydrogens (tertiary/aromatic N) is 1. The summed E-state index contributed by atoms with van der Waals surface area (Å²) in [6, 6.07) is 5.41. The van der Waals surface area contributed by atoms with Gasteiger partial charge in [-0.05, 0) is 17.7 Å². The maximum Gasteiger partial charge on any atom is 0.251 e. The molecule has 2 rings (SSSR count). The smallest absolute Gasteiger partial charge is 0.251 e. The summed E-state index contributed by atoms with van der Waals surface area (Å²) in [6.45, 7) is 0. The fraction of sp³-hybridized carbons (Fsp3) is 0.462. The normalized spacial score (nSPS) is 23.3. The van der Waals surface area contributed by atoms with Crippen LogP contribution in [0.15, 0.2) is 18.2 Å². The molecule has 0 saturated carbocycles. The highest BCUT2D eigenvalue weighted by Crippen LogP contribution is 2.36. The van der Waals surface area contributed by atoms with Gasteiger partial charge in [-0.1, -0.05) is 6.07 Å². The minimum Gasteiger partial charge on any atom is -0.493 e. The van der Waals surface area contributed by atoms with Crippen molar-refractivity contribution in [1.82, 2.24) is 4.90 Å². The number of methoxy groups -OCH3 is 2. The van der Waals surface area contributed by atoms with Gasteiger partial charge in [-0.3, -0.25) is 4.79 Å². The van der Waals surface area contributed by atoms with Gasteiger partial charge < -0.3 is 19.5 Å². The number of aliphatic hydroxyl groups is 1. The van der Waals surface area contributed by atoms with Gasteiger partial charge in [-0.15, -0.1) is 0 Å². The quantitative estimate of drug-likeness (QED) is 0.869. The number of amides is 1. The Bertz CT molecular complexity index is 460. The third-order valence-electron chi connectivity index (χ3n) is 3.34. The number of likely N-dealkylation sites (tertiary alicyclic amines) is 1. The van der Waals surface area contributed by atoms with Crippen molar-refractivity contribution in [3.05, 3.63) is 23.8 Å². The Labute approximate surface area is 106 Å². The second kappa shape index (κ2) is 4.86. The number of hydrogen-bond donors (Lipinski definition) is 1. The largest absolute Gasteiger partial charge is 0.493 e. The Kier molecular flexibility index (Phi) is 3.43. The molecule has 0 aromatic heterocycles. The Morgan fingerprint density at radius 3 is 2.44 bits per heavy atom. The van der Waals surface area contributed by atoms with Crippen LogP contribution in [0.1, 0.15) is 18.0 Å². The first-order valence-corrected chi connectivity index (χ1v) is 5.75. The van der Waals surface area contributed by atoms with Gasteiger partial charge in [0.05, 0.1) is 20.3 Å². The van der Waals surface area contributed by atoms with E-state index in [9.17, 15) is 9.90 Å². The van der Waals surface area contributed by atoms with E-state index in [0.29, 0.717) is 17.9 Å². The Morgan fingerprint density at radius 1 is 1.28 bits per heavy atom. The summed E-state index contributed by atoms with van der Waals surface area (Å²) >= 11 is 0. The first-order valence-electron chi connectivity index (χ1n) is 5.75. The van der Waals surface area contributed by atoms with Crippen molar-refractivity contribution in [3.63, 3.8) is 0 Å². The van der Waals surface area contributed by atoms with Crippen LogP contribution in [0, 0.1) is 0 Å². The first kappa shape index (κ1) is 12.7. The van der Waals surface area contributed by atoms with Crippen molar-refractivity contribution in [2.45, 2.75) is 18.6 Å². The lowest BCUT2D eigenvalue weighted by atomic mass is 10.0. The van der Waals surface area contributed by atoms with Crippen LogP contribution in [0.2, 0.25) is 0 Å². The van der Waals surface area contributed by atoms with Gasteiger partial charge in [-0.25, -0.2) is 0 Å². The number of carbonyl (C=O) groups excluding carboxylic acids is 1. The molecular formula is C13H17NO4. The van der Waals surface area contributed by atoms with Crippen molar-refractivity contribution in [1.29, 1.82) is 0 Å². The Hall–Kier alpha value is -1.75. The molecule has 0 bridgehead atoms. The fourth-order valence-electron chi connectivity index (χ4n) is 2.28. The topological polar surface area (TPSA) is 59.0 Å². The van der Waals surface area contributed by atoms with Crippen LogP contribution >= 0.6 is 0 Å². The monoisotopic (exact) mass is 251 g/mol. The highest BCUT2D eigenvalue weighted by atomic mass is 16.5. The molecule has 1 saturated heterocycles. The molecule has 1 amide bonds. The van der Waals surface area contributed by atoms with Crippen molar-refractivity contribution in [2.75, 3.05) is 21.3 Å². The van der Waals surface area contributed by atoms with Crippen LogP contribution in [0.3, 0.4) is 0 Å². The molecule has 98 valence electrons. The predicted octanol–water partition coefficient (Wildman–Crippen LogP) is 0.968. The van der Waals surface area contributed by atoms with E-state index in [4.69, 9.17) is 9.47 Å². The maximum atomic E-state index is 11.6. The zero-order chi connectivity index (χ0) is 13.3. The minimum absolute atomic E-state index is 0.118. The van der Waals surface area contributed by atoms with E-state index in [1.807, 2.05) is 12.1 Å². The van der Waals surface area contributed by atoms with Gasteiger partial charge >= 0.3 is 0 Å². The molecule has 1 heterocycles. The molecule has 0 radical (unpaired) electrons. The predicted molar refractivity (Wildman–Crippen MR) is 65.7 cm³/mol. The lowest BCUT2D eigenvalue weighted by Gasteiger charge is -2.20. The van der Waals surface area contributed by atoms with E-state index < -0.39 is 6.10 Å². The van der Waals surface area contributed by atoms with E-state index in [1.54, 1.807) is 32.2 Å². The fourth-order valence-corrected chi connectivity index (χ4v) is 2.28. The third-order valence-corrected chi connectivity index (χ3v) is 3.34. The average Bonchev–Trinajstić information content (AvgIpc) is 2.65.